The summed E-state index contributed by atoms with van der Waals surface area (Å²) in [5.41, 5.74) is 1.04. The zero-order valence-electron chi connectivity index (χ0n) is 13.0. The summed E-state index contributed by atoms with van der Waals surface area (Å²) in [4.78, 5) is 0.256. The molecule has 1 saturated carbocycles. The smallest absolute Gasteiger partial charge is 0.266 e. The Hall–Kier alpha value is -0.870. The van der Waals surface area contributed by atoms with Crippen LogP contribution in [0.15, 0.2) is 29.2 Å². The lowest BCUT2D eigenvalue weighted by Crippen LogP contribution is -2.23. The van der Waals surface area contributed by atoms with Gasteiger partial charge in [-0.1, -0.05) is 63.1 Å². The van der Waals surface area contributed by atoms with Gasteiger partial charge in [0.25, 0.3) is 10.1 Å². The first-order valence-corrected chi connectivity index (χ1v) is 9.40. The van der Waals surface area contributed by atoms with Gasteiger partial charge in [0.1, 0.15) is 0 Å². The standard InChI is InChI=1S/C17H26O3S/c1-3-15(16-7-5-4-6-8-16)13-20-21(18,19)17-11-9-14(2)10-12-17/h9-12,15-16H,3-8,13H2,1-2H3/t15-/m0/s1. The lowest BCUT2D eigenvalue weighted by atomic mass is 9.79. The van der Waals surface area contributed by atoms with Gasteiger partial charge in [-0.2, -0.15) is 8.42 Å². The predicted molar refractivity (Wildman–Crippen MR) is 84.7 cm³/mol. The van der Waals surface area contributed by atoms with Crippen molar-refractivity contribution in [1.82, 2.24) is 0 Å². The molecule has 0 saturated heterocycles. The van der Waals surface area contributed by atoms with Crippen molar-refractivity contribution >= 4 is 10.1 Å². The molecule has 1 aliphatic rings. The summed E-state index contributed by atoms with van der Waals surface area (Å²) < 4.78 is 29.8. The van der Waals surface area contributed by atoms with Crippen LogP contribution in [0.4, 0.5) is 0 Å². The number of rotatable bonds is 6. The second-order valence-electron chi connectivity index (χ2n) is 6.12. The van der Waals surface area contributed by atoms with Crippen molar-refractivity contribution in [3.8, 4) is 0 Å². The minimum atomic E-state index is -3.62. The summed E-state index contributed by atoms with van der Waals surface area (Å²) >= 11 is 0. The largest absolute Gasteiger partial charge is 0.296 e. The molecular formula is C17H26O3S. The summed E-state index contributed by atoms with van der Waals surface area (Å²) in [5, 5.41) is 0. The highest BCUT2D eigenvalue weighted by molar-refractivity contribution is 7.86. The minimum absolute atomic E-state index is 0.256. The zero-order chi connectivity index (χ0) is 15.3. The molecule has 0 heterocycles. The first kappa shape index (κ1) is 16.5. The first-order chi connectivity index (χ1) is 10.0. The third-order valence-corrected chi connectivity index (χ3v) is 5.88. The average molecular weight is 310 g/mol. The maximum Gasteiger partial charge on any atom is 0.296 e. The molecule has 1 aliphatic carbocycles. The molecule has 0 aromatic heterocycles. The molecule has 21 heavy (non-hydrogen) atoms. The molecule has 3 nitrogen and oxygen atoms in total. The van der Waals surface area contributed by atoms with Gasteiger partial charge < -0.3 is 0 Å². The number of aryl methyl sites for hydroxylation is 1. The lowest BCUT2D eigenvalue weighted by molar-refractivity contribution is 0.162. The van der Waals surface area contributed by atoms with Crippen LogP contribution >= 0.6 is 0 Å². The van der Waals surface area contributed by atoms with Crippen molar-refractivity contribution in [3.63, 3.8) is 0 Å². The van der Waals surface area contributed by atoms with Crippen LogP contribution in [0.25, 0.3) is 0 Å². The molecule has 4 heteroatoms. The van der Waals surface area contributed by atoms with E-state index in [0.29, 0.717) is 18.4 Å². The number of benzene rings is 1. The molecule has 0 amide bonds. The van der Waals surface area contributed by atoms with Crippen LogP contribution in [0.1, 0.15) is 51.0 Å². The second-order valence-corrected chi connectivity index (χ2v) is 7.73. The topological polar surface area (TPSA) is 43.4 Å². The zero-order valence-corrected chi connectivity index (χ0v) is 13.9. The Kier molecular flexibility index (Phi) is 5.82. The molecule has 2 rings (SSSR count). The van der Waals surface area contributed by atoms with Gasteiger partial charge in [-0.05, 0) is 30.9 Å². The van der Waals surface area contributed by atoms with E-state index < -0.39 is 10.1 Å². The van der Waals surface area contributed by atoms with E-state index in [9.17, 15) is 8.42 Å². The van der Waals surface area contributed by atoms with Crippen LogP contribution in [-0.4, -0.2) is 15.0 Å². The van der Waals surface area contributed by atoms with Gasteiger partial charge in [0.05, 0.1) is 11.5 Å². The molecule has 118 valence electrons. The molecule has 1 fully saturated rings. The number of hydrogen-bond acceptors (Lipinski definition) is 3. The van der Waals surface area contributed by atoms with Crippen molar-refractivity contribution in [2.45, 2.75) is 57.3 Å². The summed E-state index contributed by atoms with van der Waals surface area (Å²) in [5.74, 6) is 0.975. The summed E-state index contributed by atoms with van der Waals surface area (Å²) in [6.45, 7) is 4.38. The van der Waals surface area contributed by atoms with Gasteiger partial charge in [0.2, 0.25) is 0 Å². The van der Waals surface area contributed by atoms with E-state index in [2.05, 4.69) is 6.92 Å². The minimum Gasteiger partial charge on any atom is -0.266 e. The van der Waals surface area contributed by atoms with Crippen LogP contribution < -0.4 is 0 Å². The summed E-state index contributed by atoms with van der Waals surface area (Å²) in [6.07, 6.45) is 7.26. The van der Waals surface area contributed by atoms with E-state index in [1.807, 2.05) is 6.92 Å². The summed E-state index contributed by atoms with van der Waals surface area (Å²) in [7, 11) is -3.62. The van der Waals surface area contributed by atoms with Gasteiger partial charge in [-0.25, -0.2) is 0 Å². The van der Waals surface area contributed by atoms with E-state index in [0.717, 1.165) is 12.0 Å². The molecular weight excluding hydrogens is 284 g/mol. The van der Waals surface area contributed by atoms with Crippen molar-refractivity contribution in [1.29, 1.82) is 0 Å². The van der Waals surface area contributed by atoms with Gasteiger partial charge in [0.15, 0.2) is 0 Å². The molecule has 0 bridgehead atoms. The van der Waals surface area contributed by atoms with Crippen LogP contribution in [-0.2, 0) is 14.3 Å². The van der Waals surface area contributed by atoms with Crippen LogP contribution in [0.3, 0.4) is 0 Å². The van der Waals surface area contributed by atoms with Gasteiger partial charge in [0, 0.05) is 0 Å². The first-order valence-electron chi connectivity index (χ1n) is 7.99. The van der Waals surface area contributed by atoms with E-state index in [1.165, 1.54) is 32.1 Å². The van der Waals surface area contributed by atoms with Gasteiger partial charge >= 0.3 is 0 Å². The number of hydrogen-bond donors (Lipinski definition) is 0. The van der Waals surface area contributed by atoms with Crippen molar-refractivity contribution < 1.29 is 12.6 Å². The molecule has 0 N–H and O–H groups in total. The molecule has 1 aromatic rings. The normalized spacial score (nSPS) is 18.6. The molecule has 0 unspecified atom stereocenters. The quantitative estimate of drug-likeness (QED) is 0.735. The molecule has 0 radical (unpaired) electrons. The monoisotopic (exact) mass is 310 g/mol. The molecule has 0 aliphatic heterocycles. The van der Waals surface area contributed by atoms with E-state index in [4.69, 9.17) is 4.18 Å². The van der Waals surface area contributed by atoms with Crippen LogP contribution in [0.5, 0.6) is 0 Å². The summed E-state index contributed by atoms with van der Waals surface area (Å²) in [6, 6.07) is 6.84. The predicted octanol–water partition coefficient (Wildman–Crippen LogP) is 4.31. The van der Waals surface area contributed by atoms with Crippen LogP contribution in [0, 0.1) is 18.8 Å². The maximum atomic E-state index is 12.2. The highest BCUT2D eigenvalue weighted by Gasteiger charge is 2.25. The maximum absolute atomic E-state index is 12.2. The fraction of sp³-hybridized carbons (Fsp3) is 0.647. The van der Waals surface area contributed by atoms with E-state index in [1.54, 1.807) is 24.3 Å². The Balaban J connectivity index is 1.97. The Morgan fingerprint density at radius 2 is 1.76 bits per heavy atom. The highest BCUT2D eigenvalue weighted by Crippen LogP contribution is 2.32. The second kappa shape index (κ2) is 7.41. The Labute approximate surface area is 128 Å². The molecule has 0 spiro atoms. The van der Waals surface area contributed by atoms with E-state index in [-0.39, 0.29) is 4.90 Å². The Morgan fingerprint density at radius 3 is 2.33 bits per heavy atom. The van der Waals surface area contributed by atoms with Crippen LogP contribution in [0.2, 0.25) is 0 Å². The fourth-order valence-electron chi connectivity index (χ4n) is 3.14. The van der Waals surface area contributed by atoms with Gasteiger partial charge in [-0.3, -0.25) is 4.18 Å². The molecule has 1 aromatic carbocycles. The van der Waals surface area contributed by atoms with E-state index >= 15 is 0 Å². The van der Waals surface area contributed by atoms with Gasteiger partial charge in [-0.15, -0.1) is 0 Å². The SMILES string of the molecule is CC[C@@H](COS(=O)(=O)c1ccc(C)cc1)C1CCCCC1. The average Bonchev–Trinajstić information content (AvgIpc) is 2.49. The van der Waals surface area contributed by atoms with Crippen molar-refractivity contribution in [2.24, 2.45) is 11.8 Å². The van der Waals surface area contributed by atoms with Crippen molar-refractivity contribution in [2.75, 3.05) is 6.61 Å². The fourth-order valence-corrected chi connectivity index (χ4v) is 4.10. The Bertz CT molecular complexity index is 528. The lowest BCUT2D eigenvalue weighted by Gasteiger charge is -2.29. The third-order valence-electron chi connectivity index (χ3n) is 4.59. The Morgan fingerprint density at radius 1 is 1.14 bits per heavy atom. The third kappa shape index (κ3) is 4.55. The molecule has 1 atom stereocenters. The van der Waals surface area contributed by atoms with Crippen molar-refractivity contribution in [3.05, 3.63) is 29.8 Å². The highest BCUT2D eigenvalue weighted by atomic mass is 32.2.